The fourth-order valence-corrected chi connectivity index (χ4v) is 5.36. The molecule has 0 unspecified atom stereocenters. The lowest BCUT2D eigenvalue weighted by atomic mass is 9.83. The first kappa shape index (κ1) is 20.6. The lowest BCUT2D eigenvalue weighted by molar-refractivity contribution is 0.139. The Balaban J connectivity index is 1.29. The number of piperidine rings is 1. The Labute approximate surface area is 190 Å². The molecule has 8 heteroatoms. The van der Waals surface area contributed by atoms with Gasteiger partial charge in [0, 0.05) is 48.4 Å². The molecule has 2 atom stereocenters. The van der Waals surface area contributed by atoms with Gasteiger partial charge in [-0.1, -0.05) is 6.07 Å². The van der Waals surface area contributed by atoms with Crippen molar-refractivity contribution < 1.29 is 9.53 Å². The highest BCUT2D eigenvalue weighted by Gasteiger charge is 2.36. The molecule has 7 nitrogen and oxygen atoms in total. The van der Waals surface area contributed by atoms with Gasteiger partial charge >= 0.3 is 6.03 Å². The van der Waals surface area contributed by atoms with Crippen molar-refractivity contribution in [2.24, 2.45) is 5.92 Å². The second-order valence-electron chi connectivity index (χ2n) is 8.38. The molecule has 5 rings (SSSR count). The van der Waals surface area contributed by atoms with Crippen molar-refractivity contribution >= 4 is 28.7 Å². The van der Waals surface area contributed by atoms with Crippen LogP contribution < -0.4 is 20.9 Å². The van der Waals surface area contributed by atoms with Gasteiger partial charge in [0.1, 0.15) is 11.4 Å². The normalized spacial score (nSPS) is 19.2. The van der Waals surface area contributed by atoms with Gasteiger partial charge in [0.25, 0.3) is 5.56 Å². The molecule has 0 saturated carbocycles. The zero-order valence-corrected chi connectivity index (χ0v) is 18.7. The van der Waals surface area contributed by atoms with Crippen molar-refractivity contribution in [3.8, 4) is 5.75 Å². The van der Waals surface area contributed by atoms with E-state index in [9.17, 15) is 9.59 Å². The van der Waals surface area contributed by atoms with E-state index in [2.05, 4.69) is 16.7 Å². The number of nitrogens with zero attached hydrogens (tertiary/aromatic N) is 2. The predicted molar refractivity (Wildman–Crippen MR) is 127 cm³/mol. The summed E-state index contributed by atoms with van der Waals surface area (Å²) in [5, 5.41) is 8.30. The highest BCUT2D eigenvalue weighted by molar-refractivity contribution is 7.09. The number of urea groups is 1. The average molecular weight is 451 g/mol. The standard InChI is InChI=1S/C24H26N4O3S/c1-31-19-6-4-18(5-7-19)26-24(30)27-13-16-11-17(15-27)22-9-8-21(23(29)28(22)14-16)25-12-20-3-2-10-32-20/h2-10,16-17,25H,11-15H2,1H3,(H,26,30)/t16-,17+/m0/s1. The SMILES string of the molecule is COc1ccc(NC(=O)N2C[C@@H]3C[C@H](C2)c2ccc(NCc4cccs4)c(=O)n2C3)cc1. The summed E-state index contributed by atoms with van der Waals surface area (Å²) in [5.41, 5.74) is 2.43. The maximum Gasteiger partial charge on any atom is 0.321 e. The molecular formula is C24H26N4O3S. The molecule has 2 bridgehead atoms. The Morgan fingerprint density at radius 2 is 1.97 bits per heavy atom. The summed E-state index contributed by atoms with van der Waals surface area (Å²) in [5.74, 6) is 1.19. The van der Waals surface area contributed by atoms with Crippen LogP contribution in [0.15, 0.2) is 58.7 Å². The number of likely N-dealkylation sites (tertiary alicyclic amines) is 1. The molecular weight excluding hydrogens is 424 g/mol. The summed E-state index contributed by atoms with van der Waals surface area (Å²) in [6.07, 6.45) is 1.01. The molecule has 2 aliphatic heterocycles. The maximum atomic E-state index is 13.1. The second-order valence-corrected chi connectivity index (χ2v) is 9.42. The van der Waals surface area contributed by atoms with Crippen LogP contribution in [0.25, 0.3) is 0 Å². The third kappa shape index (κ3) is 4.10. The van der Waals surface area contributed by atoms with Gasteiger partial charge in [-0.3, -0.25) is 4.79 Å². The van der Waals surface area contributed by atoms with E-state index in [0.717, 1.165) is 23.6 Å². The van der Waals surface area contributed by atoms with Crippen LogP contribution in [0.4, 0.5) is 16.2 Å². The van der Waals surface area contributed by atoms with Crippen molar-refractivity contribution in [3.63, 3.8) is 0 Å². The van der Waals surface area contributed by atoms with Gasteiger partial charge in [0.2, 0.25) is 0 Å². The highest BCUT2D eigenvalue weighted by atomic mass is 32.1. The minimum atomic E-state index is -0.102. The van der Waals surface area contributed by atoms with Crippen LogP contribution in [0, 0.1) is 5.92 Å². The van der Waals surface area contributed by atoms with Crippen LogP contribution in [0.5, 0.6) is 5.75 Å². The van der Waals surface area contributed by atoms with Crippen LogP contribution in [-0.2, 0) is 13.1 Å². The number of amides is 2. The topological polar surface area (TPSA) is 75.6 Å². The number of fused-ring (bicyclic) bond motifs is 4. The molecule has 3 aromatic rings. The zero-order chi connectivity index (χ0) is 22.1. The summed E-state index contributed by atoms with van der Waals surface area (Å²) in [7, 11) is 1.62. The molecule has 2 aliphatic rings. The van der Waals surface area contributed by atoms with E-state index in [0.29, 0.717) is 31.9 Å². The van der Waals surface area contributed by atoms with Crippen LogP contribution >= 0.6 is 11.3 Å². The van der Waals surface area contributed by atoms with E-state index in [4.69, 9.17) is 4.74 Å². The van der Waals surface area contributed by atoms with Crippen LogP contribution in [0.2, 0.25) is 0 Å². The van der Waals surface area contributed by atoms with Gasteiger partial charge < -0.3 is 24.8 Å². The number of carbonyl (C=O) groups is 1. The number of ether oxygens (including phenoxy) is 1. The fourth-order valence-electron chi connectivity index (χ4n) is 4.72. The van der Waals surface area contributed by atoms with E-state index in [1.165, 1.54) is 4.88 Å². The summed E-state index contributed by atoms with van der Waals surface area (Å²) in [4.78, 5) is 29.1. The molecule has 1 saturated heterocycles. The minimum Gasteiger partial charge on any atom is -0.497 e. The monoisotopic (exact) mass is 450 g/mol. The molecule has 1 fully saturated rings. The van der Waals surface area contributed by atoms with Crippen molar-refractivity contribution in [3.05, 3.63) is 74.8 Å². The van der Waals surface area contributed by atoms with E-state index >= 15 is 0 Å². The number of aromatic nitrogens is 1. The van der Waals surface area contributed by atoms with Gasteiger partial charge in [0.05, 0.1) is 7.11 Å². The molecule has 0 spiro atoms. The van der Waals surface area contributed by atoms with Crippen LogP contribution in [0.1, 0.15) is 22.9 Å². The Kier molecular flexibility index (Phi) is 5.61. The fraction of sp³-hybridized carbons (Fsp3) is 0.333. The quantitative estimate of drug-likeness (QED) is 0.612. The Bertz CT molecular complexity index is 1160. The van der Waals surface area contributed by atoms with Crippen molar-refractivity contribution in [2.45, 2.75) is 25.4 Å². The van der Waals surface area contributed by atoms with Crippen molar-refractivity contribution in [2.75, 3.05) is 30.8 Å². The number of nitrogens with one attached hydrogen (secondary N) is 2. The molecule has 0 aliphatic carbocycles. The Hall–Kier alpha value is -3.26. The molecule has 4 heterocycles. The number of thiophene rings is 1. The number of methoxy groups -OCH3 is 1. The summed E-state index contributed by atoms with van der Waals surface area (Å²) >= 11 is 1.67. The lowest BCUT2D eigenvalue weighted by Gasteiger charge is -2.42. The molecule has 2 N–H and O–H groups in total. The summed E-state index contributed by atoms with van der Waals surface area (Å²) in [6.45, 7) is 2.56. The van der Waals surface area contributed by atoms with Gasteiger partial charge in [-0.2, -0.15) is 0 Å². The van der Waals surface area contributed by atoms with Gasteiger partial charge in [-0.25, -0.2) is 4.79 Å². The van der Waals surface area contributed by atoms with Crippen LogP contribution in [0.3, 0.4) is 0 Å². The average Bonchev–Trinajstić information content (AvgIpc) is 3.33. The number of rotatable bonds is 5. The van der Waals surface area contributed by atoms with Crippen LogP contribution in [-0.4, -0.2) is 35.7 Å². The smallest absolute Gasteiger partial charge is 0.321 e. The first-order valence-corrected chi connectivity index (χ1v) is 11.7. The third-order valence-corrected chi connectivity index (χ3v) is 7.14. The van der Waals surface area contributed by atoms with Gasteiger partial charge in [-0.15, -0.1) is 11.3 Å². The first-order valence-electron chi connectivity index (χ1n) is 10.8. The van der Waals surface area contributed by atoms with Crippen molar-refractivity contribution in [1.29, 1.82) is 0 Å². The summed E-state index contributed by atoms with van der Waals surface area (Å²) < 4.78 is 7.08. The molecule has 2 amide bonds. The number of carbonyl (C=O) groups excluding carboxylic acids is 1. The highest BCUT2D eigenvalue weighted by Crippen LogP contribution is 2.35. The minimum absolute atomic E-state index is 0.0323. The number of benzene rings is 1. The summed E-state index contributed by atoms with van der Waals surface area (Å²) in [6, 6.07) is 15.2. The zero-order valence-electron chi connectivity index (χ0n) is 17.9. The number of hydrogen-bond donors (Lipinski definition) is 2. The van der Waals surface area contributed by atoms with Gasteiger partial charge in [-0.05, 0) is 60.2 Å². The largest absolute Gasteiger partial charge is 0.497 e. The first-order chi connectivity index (χ1) is 15.6. The number of pyridine rings is 1. The molecule has 2 aromatic heterocycles. The van der Waals surface area contributed by atoms with Gasteiger partial charge in [0.15, 0.2) is 0 Å². The van der Waals surface area contributed by atoms with Crippen molar-refractivity contribution in [1.82, 2.24) is 9.47 Å². The Morgan fingerprint density at radius 3 is 2.72 bits per heavy atom. The molecule has 0 radical (unpaired) electrons. The van der Waals surface area contributed by atoms with E-state index < -0.39 is 0 Å². The van der Waals surface area contributed by atoms with E-state index in [1.807, 2.05) is 57.3 Å². The van der Waals surface area contributed by atoms with E-state index in [-0.39, 0.29) is 23.4 Å². The molecule has 1 aromatic carbocycles. The molecule has 32 heavy (non-hydrogen) atoms. The Morgan fingerprint density at radius 1 is 1.12 bits per heavy atom. The molecule has 166 valence electrons. The predicted octanol–water partition coefficient (Wildman–Crippen LogP) is 4.18. The third-order valence-electron chi connectivity index (χ3n) is 6.27. The lowest BCUT2D eigenvalue weighted by Crippen LogP contribution is -2.50. The van der Waals surface area contributed by atoms with E-state index in [1.54, 1.807) is 18.4 Å². The number of hydrogen-bond acceptors (Lipinski definition) is 5. The number of anilines is 2. The maximum absolute atomic E-state index is 13.1. The second kappa shape index (κ2) is 8.70.